The molecule has 0 aliphatic carbocycles. The van der Waals surface area contributed by atoms with E-state index < -0.39 is 23.8 Å². The molecule has 1 amide bonds. The van der Waals surface area contributed by atoms with E-state index in [-0.39, 0.29) is 6.61 Å². The van der Waals surface area contributed by atoms with E-state index in [1.165, 1.54) is 0 Å². The standard InChI is InChI=1S/C17H27NO4/c1-5-15(19)14(18-16(20)22-17(2,3)4)12-21-11-13-9-7-6-8-10-13/h6-10,14-15,19H,5,11-12H2,1-4H3,(H,18,20)/t14-,15-/m0/s1. The third-order valence-corrected chi connectivity index (χ3v) is 2.99. The van der Waals surface area contributed by atoms with E-state index in [2.05, 4.69) is 5.32 Å². The lowest BCUT2D eigenvalue weighted by molar-refractivity contribution is 0.0187. The maximum absolute atomic E-state index is 11.8. The molecule has 0 bridgehead atoms. The first-order valence-electron chi connectivity index (χ1n) is 7.61. The van der Waals surface area contributed by atoms with Gasteiger partial charge in [-0.1, -0.05) is 37.3 Å². The molecule has 0 aliphatic heterocycles. The van der Waals surface area contributed by atoms with Gasteiger partial charge >= 0.3 is 6.09 Å². The van der Waals surface area contributed by atoms with Gasteiger partial charge in [0.15, 0.2) is 0 Å². The Labute approximate surface area is 132 Å². The SMILES string of the molecule is CC[C@H](O)[C@H](COCc1ccccc1)NC(=O)OC(C)(C)C. The average Bonchev–Trinajstić information content (AvgIpc) is 2.44. The van der Waals surface area contributed by atoms with E-state index in [0.717, 1.165) is 5.56 Å². The first kappa shape index (κ1) is 18.5. The number of carbonyl (C=O) groups excluding carboxylic acids is 1. The van der Waals surface area contributed by atoms with Gasteiger partial charge in [-0.05, 0) is 32.8 Å². The predicted octanol–water partition coefficient (Wildman–Crippen LogP) is 2.87. The molecule has 0 unspecified atom stereocenters. The van der Waals surface area contributed by atoms with Crippen molar-refractivity contribution in [3.8, 4) is 0 Å². The molecule has 22 heavy (non-hydrogen) atoms. The minimum atomic E-state index is -0.678. The second-order valence-electron chi connectivity index (χ2n) is 6.23. The molecule has 5 nitrogen and oxygen atoms in total. The van der Waals surface area contributed by atoms with Gasteiger partial charge in [-0.15, -0.1) is 0 Å². The number of aliphatic hydroxyl groups excluding tert-OH is 1. The summed E-state index contributed by atoms with van der Waals surface area (Å²) in [6.07, 6.45) is -0.702. The highest BCUT2D eigenvalue weighted by molar-refractivity contribution is 5.68. The molecule has 2 N–H and O–H groups in total. The van der Waals surface area contributed by atoms with Crippen molar-refractivity contribution >= 4 is 6.09 Å². The zero-order valence-corrected chi connectivity index (χ0v) is 13.8. The highest BCUT2D eigenvalue weighted by Gasteiger charge is 2.23. The lowest BCUT2D eigenvalue weighted by Gasteiger charge is -2.26. The monoisotopic (exact) mass is 309 g/mol. The number of alkyl carbamates (subject to hydrolysis) is 1. The van der Waals surface area contributed by atoms with Gasteiger partial charge < -0.3 is 19.9 Å². The van der Waals surface area contributed by atoms with E-state index in [1.807, 2.05) is 37.3 Å². The van der Waals surface area contributed by atoms with Gasteiger partial charge in [-0.3, -0.25) is 0 Å². The van der Waals surface area contributed by atoms with Gasteiger partial charge in [0, 0.05) is 0 Å². The number of carbonyl (C=O) groups is 1. The summed E-state index contributed by atoms with van der Waals surface area (Å²) >= 11 is 0. The Hall–Kier alpha value is -1.59. The minimum absolute atomic E-state index is 0.225. The van der Waals surface area contributed by atoms with Gasteiger partial charge in [0.25, 0.3) is 0 Å². The summed E-state index contributed by atoms with van der Waals surface area (Å²) in [6, 6.07) is 9.26. The Morgan fingerprint density at radius 1 is 1.27 bits per heavy atom. The smallest absolute Gasteiger partial charge is 0.408 e. The van der Waals surface area contributed by atoms with Gasteiger partial charge in [-0.25, -0.2) is 4.79 Å². The van der Waals surface area contributed by atoms with E-state index in [9.17, 15) is 9.90 Å². The number of nitrogens with one attached hydrogen (secondary N) is 1. The molecule has 124 valence electrons. The maximum Gasteiger partial charge on any atom is 0.408 e. The van der Waals surface area contributed by atoms with Crippen LogP contribution in [-0.2, 0) is 16.1 Å². The molecular weight excluding hydrogens is 282 g/mol. The number of hydrogen-bond donors (Lipinski definition) is 2. The summed E-state index contributed by atoms with van der Waals surface area (Å²) < 4.78 is 10.8. The molecule has 0 saturated heterocycles. The van der Waals surface area contributed by atoms with Crippen LogP contribution in [0.2, 0.25) is 0 Å². The molecule has 0 fully saturated rings. The number of aliphatic hydroxyl groups is 1. The number of rotatable bonds is 7. The van der Waals surface area contributed by atoms with Crippen molar-refractivity contribution < 1.29 is 19.4 Å². The van der Waals surface area contributed by atoms with Crippen LogP contribution in [0.4, 0.5) is 4.79 Å². The van der Waals surface area contributed by atoms with Crippen LogP contribution in [0.5, 0.6) is 0 Å². The molecule has 1 rings (SSSR count). The number of amides is 1. The fourth-order valence-corrected chi connectivity index (χ4v) is 1.87. The fourth-order valence-electron chi connectivity index (χ4n) is 1.87. The Morgan fingerprint density at radius 2 is 1.91 bits per heavy atom. The van der Waals surface area contributed by atoms with Crippen LogP contribution in [0, 0.1) is 0 Å². The molecule has 0 spiro atoms. The molecule has 0 radical (unpaired) electrons. The van der Waals surface area contributed by atoms with Crippen molar-refractivity contribution in [1.82, 2.24) is 5.32 Å². The molecule has 0 aliphatic rings. The topological polar surface area (TPSA) is 67.8 Å². The van der Waals surface area contributed by atoms with Gasteiger partial charge in [0.05, 0.1) is 25.4 Å². The third kappa shape index (κ3) is 7.43. The average molecular weight is 309 g/mol. The normalized spacial score (nSPS) is 14.2. The van der Waals surface area contributed by atoms with Crippen molar-refractivity contribution in [3.63, 3.8) is 0 Å². The van der Waals surface area contributed by atoms with Crippen LogP contribution in [0.25, 0.3) is 0 Å². The summed E-state index contributed by atoms with van der Waals surface area (Å²) in [5.41, 5.74) is 0.473. The Kier molecular flexibility index (Phi) is 7.35. The van der Waals surface area contributed by atoms with E-state index in [4.69, 9.17) is 9.47 Å². The van der Waals surface area contributed by atoms with Crippen LogP contribution in [0.15, 0.2) is 30.3 Å². The fraction of sp³-hybridized carbons (Fsp3) is 0.588. The van der Waals surface area contributed by atoms with Crippen LogP contribution < -0.4 is 5.32 Å². The highest BCUT2D eigenvalue weighted by Crippen LogP contribution is 2.09. The molecule has 0 saturated carbocycles. The summed E-state index contributed by atoms with van der Waals surface area (Å²) in [4.78, 5) is 11.8. The lowest BCUT2D eigenvalue weighted by atomic mass is 10.1. The van der Waals surface area contributed by atoms with Crippen LogP contribution in [-0.4, -0.2) is 35.6 Å². The van der Waals surface area contributed by atoms with E-state index in [0.29, 0.717) is 13.0 Å². The van der Waals surface area contributed by atoms with Gasteiger partial charge in [-0.2, -0.15) is 0 Å². The molecule has 1 aromatic carbocycles. The molecule has 2 atom stereocenters. The first-order chi connectivity index (χ1) is 10.3. The quantitative estimate of drug-likeness (QED) is 0.812. The molecule has 0 aromatic heterocycles. The maximum atomic E-state index is 11.8. The molecular formula is C17H27NO4. The van der Waals surface area contributed by atoms with Gasteiger partial charge in [0.2, 0.25) is 0 Å². The Morgan fingerprint density at radius 3 is 2.45 bits per heavy atom. The summed E-state index contributed by atoms with van der Waals surface area (Å²) in [6.45, 7) is 7.90. The van der Waals surface area contributed by atoms with Crippen LogP contribution in [0.3, 0.4) is 0 Å². The van der Waals surface area contributed by atoms with Crippen LogP contribution in [0.1, 0.15) is 39.7 Å². The van der Waals surface area contributed by atoms with Crippen molar-refractivity contribution in [2.75, 3.05) is 6.61 Å². The number of benzene rings is 1. The van der Waals surface area contributed by atoms with Crippen LogP contribution >= 0.6 is 0 Å². The Bertz CT molecular complexity index is 442. The van der Waals surface area contributed by atoms with Crippen molar-refractivity contribution in [1.29, 1.82) is 0 Å². The second-order valence-corrected chi connectivity index (χ2v) is 6.23. The zero-order valence-electron chi connectivity index (χ0n) is 13.8. The minimum Gasteiger partial charge on any atom is -0.444 e. The lowest BCUT2D eigenvalue weighted by Crippen LogP contribution is -2.47. The van der Waals surface area contributed by atoms with Crippen molar-refractivity contribution in [2.24, 2.45) is 0 Å². The van der Waals surface area contributed by atoms with E-state index in [1.54, 1.807) is 20.8 Å². The predicted molar refractivity (Wildman–Crippen MR) is 85.6 cm³/mol. The zero-order chi connectivity index (χ0) is 16.6. The first-order valence-corrected chi connectivity index (χ1v) is 7.61. The summed E-state index contributed by atoms with van der Waals surface area (Å²) in [5.74, 6) is 0. The third-order valence-electron chi connectivity index (χ3n) is 2.99. The number of hydrogen-bond acceptors (Lipinski definition) is 4. The largest absolute Gasteiger partial charge is 0.444 e. The molecule has 1 aromatic rings. The molecule has 5 heteroatoms. The summed E-state index contributed by atoms with van der Waals surface area (Å²) in [5, 5.41) is 12.7. The second kappa shape index (κ2) is 8.76. The molecule has 0 heterocycles. The highest BCUT2D eigenvalue weighted by atomic mass is 16.6. The Balaban J connectivity index is 2.48. The summed E-state index contributed by atoms with van der Waals surface area (Å²) in [7, 11) is 0. The number of ether oxygens (including phenoxy) is 2. The van der Waals surface area contributed by atoms with E-state index >= 15 is 0 Å². The van der Waals surface area contributed by atoms with Crippen molar-refractivity contribution in [3.05, 3.63) is 35.9 Å². The van der Waals surface area contributed by atoms with Crippen molar-refractivity contribution in [2.45, 2.75) is 58.5 Å². The van der Waals surface area contributed by atoms with Gasteiger partial charge in [0.1, 0.15) is 5.60 Å².